The van der Waals surface area contributed by atoms with Crippen molar-refractivity contribution in [1.82, 2.24) is 10.3 Å². The third-order valence-corrected chi connectivity index (χ3v) is 3.05. The van der Waals surface area contributed by atoms with Crippen LogP contribution in [0.25, 0.3) is 11.3 Å². The van der Waals surface area contributed by atoms with Crippen LogP contribution in [0.15, 0.2) is 39.4 Å². The second kappa shape index (κ2) is 6.16. The first-order valence-electron chi connectivity index (χ1n) is 6.09. The molecule has 0 saturated carbocycles. The third-order valence-electron chi connectivity index (χ3n) is 2.55. The van der Waals surface area contributed by atoms with Crippen LogP contribution in [-0.2, 0) is 6.42 Å². The summed E-state index contributed by atoms with van der Waals surface area (Å²) in [6, 6.07) is 8.51. The van der Waals surface area contributed by atoms with Crippen LogP contribution in [0.5, 0.6) is 0 Å². The average molecular weight is 309 g/mol. The third kappa shape index (κ3) is 3.68. The van der Waals surface area contributed by atoms with E-state index in [9.17, 15) is 0 Å². The molecule has 0 aliphatic rings. The maximum absolute atomic E-state index is 5.73. The maximum Gasteiger partial charge on any atom is 0.196 e. The minimum atomic E-state index is 0.490. The van der Waals surface area contributed by atoms with Crippen molar-refractivity contribution in [2.75, 3.05) is 6.54 Å². The van der Waals surface area contributed by atoms with Crippen molar-refractivity contribution in [1.29, 1.82) is 0 Å². The van der Waals surface area contributed by atoms with Gasteiger partial charge in [-0.05, 0) is 12.1 Å². The normalized spacial score (nSPS) is 11.1. The van der Waals surface area contributed by atoms with Crippen molar-refractivity contribution in [3.63, 3.8) is 0 Å². The summed E-state index contributed by atoms with van der Waals surface area (Å²) in [6.07, 6.45) is 2.60. The molecule has 0 unspecified atom stereocenters. The summed E-state index contributed by atoms with van der Waals surface area (Å²) in [5, 5.41) is 3.34. The van der Waals surface area contributed by atoms with Gasteiger partial charge in [0.25, 0.3) is 0 Å². The van der Waals surface area contributed by atoms with Crippen molar-refractivity contribution in [2.45, 2.75) is 26.3 Å². The smallest absolute Gasteiger partial charge is 0.196 e. The van der Waals surface area contributed by atoms with Crippen LogP contribution in [0.2, 0.25) is 0 Å². The van der Waals surface area contributed by atoms with E-state index < -0.39 is 0 Å². The van der Waals surface area contributed by atoms with E-state index in [1.165, 1.54) is 0 Å². The van der Waals surface area contributed by atoms with Crippen LogP contribution in [0.3, 0.4) is 0 Å². The molecule has 0 amide bonds. The van der Waals surface area contributed by atoms with Gasteiger partial charge in [-0.25, -0.2) is 4.98 Å². The number of hydrogen-bond acceptors (Lipinski definition) is 3. The minimum Gasteiger partial charge on any atom is -0.441 e. The van der Waals surface area contributed by atoms with Gasteiger partial charge in [0.1, 0.15) is 0 Å². The van der Waals surface area contributed by atoms with Gasteiger partial charge in [0, 0.05) is 29.0 Å². The Balaban J connectivity index is 2.02. The van der Waals surface area contributed by atoms with Gasteiger partial charge in [0.15, 0.2) is 11.7 Å². The number of rotatable bonds is 5. The zero-order valence-corrected chi connectivity index (χ0v) is 12.2. The standard InChI is InChI=1S/C14H17BrN2O/c1-10(2)16-7-6-14-17-9-13(18-14)11-4-3-5-12(15)8-11/h3-5,8-10,16H,6-7H2,1-2H3. The molecule has 0 aliphatic carbocycles. The Kier molecular flexibility index (Phi) is 4.55. The van der Waals surface area contributed by atoms with Gasteiger partial charge in [-0.15, -0.1) is 0 Å². The number of benzene rings is 1. The van der Waals surface area contributed by atoms with Crippen molar-refractivity contribution in [3.8, 4) is 11.3 Å². The van der Waals surface area contributed by atoms with E-state index in [-0.39, 0.29) is 0 Å². The highest BCUT2D eigenvalue weighted by Crippen LogP contribution is 2.23. The lowest BCUT2D eigenvalue weighted by Crippen LogP contribution is -2.24. The van der Waals surface area contributed by atoms with Gasteiger partial charge >= 0.3 is 0 Å². The highest BCUT2D eigenvalue weighted by Gasteiger charge is 2.06. The zero-order chi connectivity index (χ0) is 13.0. The van der Waals surface area contributed by atoms with Gasteiger partial charge in [-0.1, -0.05) is 41.9 Å². The van der Waals surface area contributed by atoms with Crippen LogP contribution in [0.4, 0.5) is 0 Å². The Labute approximate surface area is 116 Å². The summed E-state index contributed by atoms with van der Waals surface area (Å²) in [6.45, 7) is 5.14. The second-order valence-electron chi connectivity index (χ2n) is 4.49. The van der Waals surface area contributed by atoms with Crippen LogP contribution < -0.4 is 5.32 Å². The molecule has 0 radical (unpaired) electrons. The average Bonchev–Trinajstić information content (AvgIpc) is 2.77. The van der Waals surface area contributed by atoms with Gasteiger partial charge in [-0.2, -0.15) is 0 Å². The van der Waals surface area contributed by atoms with Gasteiger partial charge < -0.3 is 9.73 Å². The van der Waals surface area contributed by atoms with Crippen LogP contribution >= 0.6 is 15.9 Å². The van der Waals surface area contributed by atoms with E-state index in [0.29, 0.717) is 6.04 Å². The molecule has 2 rings (SSSR count). The Morgan fingerprint density at radius 3 is 2.94 bits per heavy atom. The summed E-state index contributed by atoms with van der Waals surface area (Å²) in [5.41, 5.74) is 1.04. The fourth-order valence-corrected chi connectivity index (χ4v) is 2.07. The summed E-state index contributed by atoms with van der Waals surface area (Å²) >= 11 is 3.45. The first kappa shape index (κ1) is 13.3. The molecule has 0 fully saturated rings. The van der Waals surface area contributed by atoms with Crippen molar-refractivity contribution in [3.05, 3.63) is 40.8 Å². The fraction of sp³-hybridized carbons (Fsp3) is 0.357. The molecule has 1 aromatic carbocycles. The molecular formula is C14H17BrN2O. The number of aromatic nitrogens is 1. The van der Waals surface area contributed by atoms with E-state index in [2.05, 4.69) is 40.1 Å². The number of oxazole rings is 1. The fourth-order valence-electron chi connectivity index (χ4n) is 1.67. The van der Waals surface area contributed by atoms with Gasteiger partial charge in [0.2, 0.25) is 0 Å². The first-order chi connectivity index (χ1) is 8.65. The molecule has 96 valence electrons. The van der Waals surface area contributed by atoms with Crippen molar-refractivity contribution >= 4 is 15.9 Å². The van der Waals surface area contributed by atoms with Gasteiger partial charge in [-0.3, -0.25) is 0 Å². The largest absolute Gasteiger partial charge is 0.441 e. The predicted octanol–water partition coefficient (Wildman–Crippen LogP) is 3.64. The molecule has 1 heterocycles. The van der Waals surface area contributed by atoms with E-state index in [4.69, 9.17) is 4.42 Å². The predicted molar refractivity (Wildman–Crippen MR) is 76.5 cm³/mol. The Hall–Kier alpha value is -1.13. The lowest BCUT2D eigenvalue weighted by Gasteiger charge is -2.05. The quantitative estimate of drug-likeness (QED) is 0.916. The number of halogens is 1. The van der Waals surface area contributed by atoms with Gasteiger partial charge in [0.05, 0.1) is 6.20 Å². The lowest BCUT2D eigenvalue weighted by molar-refractivity contribution is 0.484. The van der Waals surface area contributed by atoms with E-state index in [1.807, 2.05) is 24.3 Å². The van der Waals surface area contributed by atoms with E-state index >= 15 is 0 Å². The SMILES string of the molecule is CC(C)NCCc1ncc(-c2cccc(Br)c2)o1. The van der Waals surface area contributed by atoms with Crippen LogP contribution in [-0.4, -0.2) is 17.6 Å². The summed E-state index contributed by atoms with van der Waals surface area (Å²) in [7, 11) is 0. The molecule has 0 aliphatic heterocycles. The summed E-state index contributed by atoms with van der Waals surface area (Å²) in [4.78, 5) is 4.30. The Morgan fingerprint density at radius 2 is 2.22 bits per heavy atom. The molecular weight excluding hydrogens is 292 g/mol. The molecule has 18 heavy (non-hydrogen) atoms. The second-order valence-corrected chi connectivity index (χ2v) is 5.40. The zero-order valence-electron chi connectivity index (χ0n) is 10.6. The molecule has 0 saturated heterocycles. The van der Waals surface area contributed by atoms with Crippen molar-refractivity contribution < 1.29 is 4.42 Å². The molecule has 0 spiro atoms. The summed E-state index contributed by atoms with van der Waals surface area (Å²) < 4.78 is 6.78. The number of hydrogen-bond donors (Lipinski definition) is 1. The molecule has 2 aromatic rings. The van der Waals surface area contributed by atoms with Crippen molar-refractivity contribution in [2.24, 2.45) is 0 Å². The van der Waals surface area contributed by atoms with E-state index in [0.717, 1.165) is 34.7 Å². The highest BCUT2D eigenvalue weighted by molar-refractivity contribution is 9.10. The minimum absolute atomic E-state index is 0.490. The Morgan fingerprint density at radius 1 is 1.39 bits per heavy atom. The lowest BCUT2D eigenvalue weighted by atomic mass is 10.2. The van der Waals surface area contributed by atoms with Crippen LogP contribution in [0.1, 0.15) is 19.7 Å². The molecule has 0 bridgehead atoms. The summed E-state index contributed by atoms with van der Waals surface area (Å²) in [5.74, 6) is 1.59. The molecule has 4 heteroatoms. The number of nitrogens with one attached hydrogen (secondary N) is 1. The van der Waals surface area contributed by atoms with E-state index in [1.54, 1.807) is 6.20 Å². The molecule has 0 atom stereocenters. The highest BCUT2D eigenvalue weighted by atomic mass is 79.9. The topological polar surface area (TPSA) is 38.1 Å². The Bertz CT molecular complexity index is 508. The maximum atomic E-state index is 5.73. The molecule has 3 nitrogen and oxygen atoms in total. The molecule has 1 N–H and O–H groups in total. The monoisotopic (exact) mass is 308 g/mol. The van der Waals surface area contributed by atoms with Crippen LogP contribution in [0, 0.1) is 0 Å². The number of nitrogens with zero attached hydrogens (tertiary/aromatic N) is 1. The first-order valence-corrected chi connectivity index (χ1v) is 6.88. The molecule has 1 aromatic heterocycles.